The van der Waals surface area contributed by atoms with Crippen molar-refractivity contribution in [2.45, 2.75) is 31.9 Å². The fourth-order valence-electron chi connectivity index (χ4n) is 1.81. The Labute approximate surface area is 112 Å². The number of carbonyl (C=O) groups excluding carboxylic acids is 2. The van der Waals surface area contributed by atoms with Gasteiger partial charge in [-0.2, -0.15) is 0 Å². The van der Waals surface area contributed by atoms with Gasteiger partial charge in [-0.3, -0.25) is 9.59 Å². The molecular formula is C14H19NO4. The summed E-state index contributed by atoms with van der Waals surface area (Å²) in [6.45, 7) is 1.38. The molecule has 1 rings (SSSR count). The highest BCUT2D eigenvalue weighted by Crippen LogP contribution is 2.09. The first-order valence-electron chi connectivity index (χ1n) is 6.09. The minimum atomic E-state index is -0.975. The number of aliphatic hydroxyl groups excluding tert-OH is 1. The molecule has 0 spiro atoms. The molecule has 1 amide bonds. The van der Waals surface area contributed by atoms with Gasteiger partial charge in [0.1, 0.15) is 0 Å². The predicted octanol–water partition coefficient (Wildman–Crippen LogP) is 0.658. The zero-order valence-electron chi connectivity index (χ0n) is 11.1. The third kappa shape index (κ3) is 5.52. The van der Waals surface area contributed by atoms with E-state index >= 15 is 0 Å². The number of amides is 1. The van der Waals surface area contributed by atoms with Crippen LogP contribution >= 0.6 is 0 Å². The summed E-state index contributed by atoms with van der Waals surface area (Å²) in [4.78, 5) is 22.3. The lowest BCUT2D eigenvalue weighted by molar-refractivity contribution is -0.143. The molecule has 0 aliphatic heterocycles. The summed E-state index contributed by atoms with van der Waals surface area (Å²) >= 11 is 0. The maximum atomic E-state index is 11.2. The Balaban J connectivity index is 2.71. The Morgan fingerprint density at radius 1 is 1.32 bits per heavy atom. The average molecular weight is 265 g/mol. The third-order valence-corrected chi connectivity index (χ3v) is 2.76. The van der Waals surface area contributed by atoms with Crippen LogP contribution in [0.5, 0.6) is 0 Å². The van der Waals surface area contributed by atoms with Crippen LogP contribution in [0.2, 0.25) is 0 Å². The second-order valence-electron chi connectivity index (χ2n) is 4.34. The van der Waals surface area contributed by atoms with Crippen molar-refractivity contribution in [2.75, 3.05) is 7.11 Å². The minimum Gasteiger partial charge on any atom is -0.469 e. The first-order chi connectivity index (χ1) is 9.02. The van der Waals surface area contributed by atoms with Gasteiger partial charge >= 0.3 is 5.97 Å². The molecule has 0 unspecified atom stereocenters. The summed E-state index contributed by atoms with van der Waals surface area (Å²) in [6.07, 6.45) is -0.663. The molecule has 0 saturated carbocycles. The minimum absolute atomic E-state index is 0.145. The van der Waals surface area contributed by atoms with Crippen LogP contribution in [0.15, 0.2) is 30.3 Å². The molecule has 0 aliphatic rings. The highest BCUT2D eigenvalue weighted by Gasteiger charge is 2.23. The van der Waals surface area contributed by atoms with Gasteiger partial charge < -0.3 is 15.2 Å². The van der Waals surface area contributed by atoms with Gasteiger partial charge in [-0.15, -0.1) is 0 Å². The van der Waals surface area contributed by atoms with Crippen molar-refractivity contribution in [1.29, 1.82) is 0 Å². The van der Waals surface area contributed by atoms with E-state index in [1.54, 1.807) is 0 Å². The van der Waals surface area contributed by atoms with E-state index in [9.17, 15) is 14.7 Å². The molecule has 2 N–H and O–H groups in total. The largest absolute Gasteiger partial charge is 0.469 e. The van der Waals surface area contributed by atoms with Crippen molar-refractivity contribution in [3.8, 4) is 0 Å². The summed E-state index contributed by atoms with van der Waals surface area (Å²) < 4.78 is 4.51. The zero-order chi connectivity index (χ0) is 14.3. The number of benzene rings is 1. The average Bonchev–Trinajstić information content (AvgIpc) is 2.38. The molecule has 0 aromatic heterocycles. The number of carbonyl (C=O) groups is 2. The third-order valence-electron chi connectivity index (χ3n) is 2.76. The van der Waals surface area contributed by atoms with E-state index in [2.05, 4.69) is 10.1 Å². The van der Waals surface area contributed by atoms with Crippen LogP contribution in [0.3, 0.4) is 0 Å². The van der Waals surface area contributed by atoms with Crippen LogP contribution in [0.4, 0.5) is 0 Å². The normalized spacial score (nSPS) is 13.4. The predicted molar refractivity (Wildman–Crippen MR) is 70.4 cm³/mol. The Morgan fingerprint density at radius 3 is 2.47 bits per heavy atom. The van der Waals surface area contributed by atoms with E-state index < -0.39 is 18.1 Å². The fraction of sp³-hybridized carbons (Fsp3) is 0.429. The van der Waals surface area contributed by atoms with Gasteiger partial charge in [0, 0.05) is 6.92 Å². The molecule has 19 heavy (non-hydrogen) atoms. The van der Waals surface area contributed by atoms with Gasteiger partial charge in [0.25, 0.3) is 0 Å². The number of hydrogen-bond donors (Lipinski definition) is 2. The van der Waals surface area contributed by atoms with Crippen molar-refractivity contribution >= 4 is 11.9 Å². The lowest BCUT2D eigenvalue weighted by Crippen LogP contribution is -2.44. The molecule has 104 valence electrons. The summed E-state index contributed by atoms with van der Waals surface area (Å²) in [6, 6.07) is 8.94. The lowest BCUT2D eigenvalue weighted by Gasteiger charge is -2.23. The second kappa shape index (κ2) is 7.53. The van der Waals surface area contributed by atoms with Crippen LogP contribution in [0.1, 0.15) is 18.9 Å². The highest BCUT2D eigenvalue weighted by molar-refractivity contribution is 5.74. The molecule has 5 nitrogen and oxygen atoms in total. The van der Waals surface area contributed by atoms with Gasteiger partial charge in [0.15, 0.2) is 0 Å². The van der Waals surface area contributed by atoms with E-state index in [0.717, 1.165) is 5.56 Å². The van der Waals surface area contributed by atoms with Gasteiger partial charge in [-0.25, -0.2) is 0 Å². The Bertz CT molecular complexity index is 419. The van der Waals surface area contributed by atoms with Crippen LogP contribution < -0.4 is 5.32 Å². The monoisotopic (exact) mass is 265 g/mol. The summed E-state index contributed by atoms with van der Waals surface area (Å²) in [5, 5.41) is 12.7. The second-order valence-corrected chi connectivity index (χ2v) is 4.34. The SMILES string of the molecule is COC(=O)C[C@@H](O)[C@@H](Cc1ccccc1)NC(C)=O. The molecule has 0 radical (unpaired) electrons. The first-order valence-corrected chi connectivity index (χ1v) is 6.09. The number of aliphatic hydroxyl groups is 1. The molecule has 0 fully saturated rings. The standard InChI is InChI=1S/C14H19NO4/c1-10(16)15-12(13(17)9-14(18)19-2)8-11-6-4-3-5-7-11/h3-7,12-13,17H,8-9H2,1-2H3,(H,15,16)/t12-,13-/m1/s1. The molecule has 0 heterocycles. The van der Waals surface area contributed by atoms with Crippen molar-refractivity contribution < 1.29 is 19.4 Å². The Kier molecular flexibility index (Phi) is 6.02. The van der Waals surface area contributed by atoms with E-state index in [0.29, 0.717) is 6.42 Å². The van der Waals surface area contributed by atoms with Crippen molar-refractivity contribution in [2.24, 2.45) is 0 Å². The summed E-state index contributed by atoms with van der Waals surface area (Å²) in [7, 11) is 1.26. The van der Waals surface area contributed by atoms with Gasteiger partial charge in [-0.1, -0.05) is 30.3 Å². The molecule has 0 saturated heterocycles. The first kappa shape index (κ1) is 15.2. The van der Waals surface area contributed by atoms with Crippen LogP contribution in [-0.2, 0) is 20.7 Å². The Hall–Kier alpha value is -1.88. The molecule has 5 heteroatoms. The van der Waals surface area contributed by atoms with E-state index in [4.69, 9.17) is 0 Å². The quantitative estimate of drug-likeness (QED) is 0.741. The number of ether oxygens (including phenoxy) is 1. The van der Waals surface area contributed by atoms with Crippen LogP contribution in [0, 0.1) is 0 Å². The summed E-state index contributed by atoms with van der Waals surface area (Å²) in [5.41, 5.74) is 0.977. The van der Waals surface area contributed by atoms with E-state index in [-0.39, 0.29) is 12.3 Å². The number of esters is 1. The molecular weight excluding hydrogens is 246 g/mol. The number of nitrogens with one attached hydrogen (secondary N) is 1. The van der Waals surface area contributed by atoms with Crippen molar-refractivity contribution in [3.05, 3.63) is 35.9 Å². The molecule has 2 atom stereocenters. The number of methoxy groups -OCH3 is 1. The molecule has 1 aromatic carbocycles. The van der Waals surface area contributed by atoms with Gasteiger partial charge in [-0.05, 0) is 12.0 Å². The maximum absolute atomic E-state index is 11.2. The number of rotatable bonds is 6. The fourth-order valence-corrected chi connectivity index (χ4v) is 1.81. The maximum Gasteiger partial charge on any atom is 0.308 e. The highest BCUT2D eigenvalue weighted by atomic mass is 16.5. The lowest BCUT2D eigenvalue weighted by atomic mass is 9.99. The smallest absolute Gasteiger partial charge is 0.308 e. The van der Waals surface area contributed by atoms with E-state index in [1.807, 2.05) is 30.3 Å². The molecule has 1 aromatic rings. The van der Waals surface area contributed by atoms with Crippen LogP contribution in [-0.4, -0.2) is 36.2 Å². The number of hydrogen-bond acceptors (Lipinski definition) is 4. The van der Waals surface area contributed by atoms with Crippen molar-refractivity contribution in [1.82, 2.24) is 5.32 Å². The topological polar surface area (TPSA) is 75.6 Å². The Morgan fingerprint density at radius 2 is 1.95 bits per heavy atom. The zero-order valence-corrected chi connectivity index (χ0v) is 11.1. The molecule has 0 aliphatic carbocycles. The molecule has 0 bridgehead atoms. The van der Waals surface area contributed by atoms with E-state index in [1.165, 1.54) is 14.0 Å². The van der Waals surface area contributed by atoms with Crippen LogP contribution in [0.25, 0.3) is 0 Å². The van der Waals surface area contributed by atoms with Crippen molar-refractivity contribution in [3.63, 3.8) is 0 Å². The van der Waals surface area contributed by atoms with Gasteiger partial charge in [0.2, 0.25) is 5.91 Å². The van der Waals surface area contributed by atoms with Gasteiger partial charge in [0.05, 0.1) is 25.7 Å². The summed E-state index contributed by atoms with van der Waals surface area (Å²) in [5.74, 6) is -0.749.